The van der Waals surface area contributed by atoms with Gasteiger partial charge < -0.3 is 5.32 Å². The molecule has 2 rings (SSSR count). The molecule has 0 saturated heterocycles. The lowest BCUT2D eigenvalue weighted by Gasteiger charge is -2.36. The molecule has 2 atom stereocenters. The minimum atomic E-state index is 0.724. The third kappa shape index (κ3) is 2.55. The van der Waals surface area contributed by atoms with Crippen LogP contribution >= 0.6 is 22.9 Å². The maximum Gasteiger partial charge on any atom is 0.0547 e. The first-order chi connectivity index (χ1) is 7.33. The summed E-state index contributed by atoms with van der Waals surface area (Å²) in [6.45, 7) is 4.51. The van der Waals surface area contributed by atoms with Gasteiger partial charge in [0.15, 0.2) is 0 Å². The van der Waals surface area contributed by atoms with E-state index >= 15 is 0 Å². The van der Waals surface area contributed by atoms with Crippen LogP contribution in [0.5, 0.6) is 0 Å². The minimum Gasteiger partial charge on any atom is -0.316 e. The van der Waals surface area contributed by atoms with Gasteiger partial charge in [0, 0.05) is 4.88 Å². The van der Waals surface area contributed by atoms with Gasteiger partial charge in [-0.05, 0) is 55.6 Å². The number of halogens is 1. The summed E-state index contributed by atoms with van der Waals surface area (Å²) < 4.78 is 0. The first kappa shape index (κ1) is 11.4. The van der Waals surface area contributed by atoms with E-state index in [0.29, 0.717) is 0 Å². The van der Waals surface area contributed by atoms with Crippen molar-refractivity contribution >= 4 is 22.9 Å². The number of rotatable bonds is 5. The van der Waals surface area contributed by atoms with E-state index in [1.54, 1.807) is 0 Å². The zero-order chi connectivity index (χ0) is 10.7. The van der Waals surface area contributed by atoms with Gasteiger partial charge in [-0.1, -0.05) is 18.5 Å². The molecule has 1 aromatic rings. The fourth-order valence-electron chi connectivity index (χ4n) is 2.19. The molecule has 84 valence electrons. The Balaban J connectivity index is 1.87. The first-order valence-corrected chi connectivity index (χ1v) is 7.02. The van der Waals surface area contributed by atoms with Crippen LogP contribution < -0.4 is 5.32 Å². The van der Waals surface area contributed by atoms with Gasteiger partial charge in [-0.3, -0.25) is 0 Å². The van der Waals surface area contributed by atoms with E-state index in [9.17, 15) is 0 Å². The molecule has 0 amide bonds. The van der Waals surface area contributed by atoms with E-state index in [0.717, 1.165) is 29.9 Å². The summed E-state index contributed by atoms with van der Waals surface area (Å²) in [5.74, 6) is 1.54. The van der Waals surface area contributed by atoms with E-state index < -0.39 is 0 Å². The van der Waals surface area contributed by atoms with Gasteiger partial charge in [0.2, 0.25) is 0 Å². The Morgan fingerprint density at radius 2 is 2.40 bits per heavy atom. The molecule has 1 nitrogen and oxygen atoms in total. The molecule has 2 unspecified atom stereocenters. The lowest BCUT2D eigenvalue weighted by Crippen LogP contribution is -2.33. The summed E-state index contributed by atoms with van der Waals surface area (Å²) in [4.78, 5) is 1.41. The van der Waals surface area contributed by atoms with Gasteiger partial charge in [-0.15, -0.1) is 11.3 Å². The molecule has 1 aliphatic rings. The number of hydrogen-bond donors (Lipinski definition) is 1. The van der Waals surface area contributed by atoms with Gasteiger partial charge >= 0.3 is 0 Å². The summed E-state index contributed by atoms with van der Waals surface area (Å²) >= 11 is 7.98. The molecule has 1 N–H and O–H groups in total. The Morgan fingerprint density at radius 3 is 2.93 bits per heavy atom. The van der Waals surface area contributed by atoms with Gasteiger partial charge in [-0.25, -0.2) is 0 Å². The second kappa shape index (κ2) is 5.33. The summed E-state index contributed by atoms with van der Waals surface area (Å²) in [5.41, 5.74) is 0. The van der Waals surface area contributed by atoms with Crippen molar-refractivity contribution in [2.75, 3.05) is 13.1 Å². The Morgan fingerprint density at radius 1 is 1.53 bits per heavy atom. The van der Waals surface area contributed by atoms with Crippen LogP contribution in [0.3, 0.4) is 0 Å². The summed E-state index contributed by atoms with van der Waals surface area (Å²) in [7, 11) is 0. The molecule has 0 aliphatic heterocycles. The van der Waals surface area contributed by atoms with Crippen LogP contribution in [0.4, 0.5) is 0 Å². The standard InChI is InChI=1S/C12H18ClNS/c1-2-6-14-8-9-3-4-10(9)12-11(13)5-7-15-12/h5,7,9-10,14H,2-4,6,8H2,1H3. The van der Waals surface area contributed by atoms with Crippen molar-refractivity contribution in [1.82, 2.24) is 5.32 Å². The molecule has 0 spiro atoms. The largest absolute Gasteiger partial charge is 0.316 e. The average Bonchev–Trinajstić information content (AvgIpc) is 2.58. The highest BCUT2D eigenvalue weighted by atomic mass is 35.5. The summed E-state index contributed by atoms with van der Waals surface area (Å²) in [6, 6.07) is 2.02. The molecule has 3 heteroatoms. The van der Waals surface area contributed by atoms with Crippen LogP contribution in [0.2, 0.25) is 5.02 Å². The van der Waals surface area contributed by atoms with Crippen molar-refractivity contribution in [3.05, 3.63) is 21.3 Å². The number of hydrogen-bond acceptors (Lipinski definition) is 2. The van der Waals surface area contributed by atoms with Gasteiger partial charge in [0.05, 0.1) is 5.02 Å². The zero-order valence-corrected chi connectivity index (χ0v) is 10.7. The van der Waals surface area contributed by atoms with Crippen molar-refractivity contribution in [3.63, 3.8) is 0 Å². The third-order valence-electron chi connectivity index (χ3n) is 3.23. The molecule has 1 aliphatic carbocycles. The molecule has 1 fully saturated rings. The van der Waals surface area contributed by atoms with Crippen molar-refractivity contribution in [2.45, 2.75) is 32.1 Å². The molecular formula is C12H18ClNS. The molecule has 1 heterocycles. The normalized spacial score (nSPS) is 25.2. The maximum absolute atomic E-state index is 6.16. The van der Waals surface area contributed by atoms with E-state index in [-0.39, 0.29) is 0 Å². The number of thiophene rings is 1. The molecule has 1 saturated carbocycles. The number of nitrogens with one attached hydrogen (secondary N) is 1. The zero-order valence-electron chi connectivity index (χ0n) is 9.13. The minimum absolute atomic E-state index is 0.724. The Hall–Kier alpha value is -0.0500. The van der Waals surface area contributed by atoms with Crippen LogP contribution in [0.15, 0.2) is 11.4 Å². The Labute approximate surface area is 101 Å². The highest BCUT2D eigenvalue weighted by molar-refractivity contribution is 7.10. The topological polar surface area (TPSA) is 12.0 Å². The Kier molecular flexibility index (Phi) is 4.06. The second-order valence-electron chi connectivity index (χ2n) is 4.28. The molecular weight excluding hydrogens is 226 g/mol. The summed E-state index contributed by atoms with van der Waals surface area (Å²) in [6.07, 6.45) is 3.89. The van der Waals surface area contributed by atoms with Crippen LogP contribution in [-0.4, -0.2) is 13.1 Å². The van der Waals surface area contributed by atoms with Gasteiger partial charge in [-0.2, -0.15) is 0 Å². The van der Waals surface area contributed by atoms with E-state index in [2.05, 4.69) is 17.6 Å². The van der Waals surface area contributed by atoms with Crippen LogP contribution in [0, 0.1) is 5.92 Å². The third-order valence-corrected chi connectivity index (χ3v) is 4.72. The SMILES string of the molecule is CCCNCC1CCC1c1sccc1Cl. The predicted molar refractivity (Wildman–Crippen MR) is 68.0 cm³/mol. The van der Waals surface area contributed by atoms with Gasteiger partial charge in [0.25, 0.3) is 0 Å². The van der Waals surface area contributed by atoms with Crippen LogP contribution in [0.25, 0.3) is 0 Å². The monoisotopic (exact) mass is 243 g/mol. The van der Waals surface area contributed by atoms with Crippen molar-refractivity contribution in [2.24, 2.45) is 5.92 Å². The lowest BCUT2D eigenvalue weighted by molar-refractivity contribution is 0.250. The second-order valence-corrected chi connectivity index (χ2v) is 5.64. The highest BCUT2D eigenvalue weighted by Gasteiger charge is 2.33. The highest BCUT2D eigenvalue weighted by Crippen LogP contribution is 2.46. The molecule has 0 bridgehead atoms. The van der Waals surface area contributed by atoms with Crippen molar-refractivity contribution in [3.8, 4) is 0 Å². The van der Waals surface area contributed by atoms with E-state index in [4.69, 9.17) is 11.6 Å². The fraction of sp³-hybridized carbons (Fsp3) is 0.667. The van der Waals surface area contributed by atoms with Crippen LogP contribution in [0.1, 0.15) is 37.0 Å². The fourth-order valence-corrected chi connectivity index (χ4v) is 3.62. The molecule has 15 heavy (non-hydrogen) atoms. The summed E-state index contributed by atoms with van der Waals surface area (Å²) in [5, 5.41) is 6.59. The van der Waals surface area contributed by atoms with Gasteiger partial charge in [0.1, 0.15) is 0 Å². The lowest BCUT2D eigenvalue weighted by atomic mass is 9.73. The van der Waals surface area contributed by atoms with Crippen molar-refractivity contribution in [1.29, 1.82) is 0 Å². The quantitative estimate of drug-likeness (QED) is 0.774. The smallest absolute Gasteiger partial charge is 0.0547 e. The first-order valence-electron chi connectivity index (χ1n) is 5.76. The predicted octanol–water partition coefficient (Wildman–Crippen LogP) is 3.89. The Bertz CT molecular complexity index is 310. The van der Waals surface area contributed by atoms with E-state index in [1.165, 1.54) is 24.1 Å². The van der Waals surface area contributed by atoms with E-state index in [1.807, 2.05) is 17.4 Å². The maximum atomic E-state index is 6.16. The van der Waals surface area contributed by atoms with Crippen molar-refractivity contribution < 1.29 is 0 Å². The molecule has 1 aromatic heterocycles. The molecule has 0 radical (unpaired) electrons. The van der Waals surface area contributed by atoms with Crippen LogP contribution in [-0.2, 0) is 0 Å². The average molecular weight is 244 g/mol. The molecule has 0 aromatic carbocycles.